The normalized spacial score (nSPS) is 14.7. The number of H-pyrrole nitrogens is 1. The first kappa shape index (κ1) is 123. The summed E-state index contributed by atoms with van der Waals surface area (Å²) in [5, 5.41) is 98.0. The summed E-state index contributed by atoms with van der Waals surface area (Å²) < 4.78 is 0. The van der Waals surface area contributed by atoms with E-state index in [9.17, 15) is 122 Å². The Hall–Kier alpha value is -14.8. The molecule has 0 aliphatic heterocycles. The van der Waals surface area contributed by atoms with Crippen LogP contribution in [0.3, 0.4) is 0 Å². The number of nitrogens with one attached hydrogen (secondary N) is 16. The van der Waals surface area contributed by atoms with Crippen LogP contribution in [0.1, 0.15) is 200 Å². The van der Waals surface area contributed by atoms with Crippen LogP contribution in [-0.4, -0.2) is 281 Å². The number of phenolic OH excluding ortho intramolecular Hbond substituents is 2. The lowest BCUT2D eigenvalue weighted by Crippen LogP contribution is -2.62. The highest BCUT2D eigenvalue weighted by Crippen LogP contribution is 2.20. The molecule has 0 saturated heterocycles. The van der Waals surface area contributed by atoms with Crippen LogP contribution >= 0.6 is 0 Å². The highest BCUT2D eigenvalue weighted by atomic mass is 16.4. The highest BCUT2D eigenvalue weighted by Gasteiger charge is 2.42. The van der Waals surface area contributed by atoms with Crippen molar-refractivity contribution in [3.8, 4) is 11.5 Å². The van der Waals surface area contributed by atoms with Crippen molar-refractivity contribution in [2.45, 2.75) is 306 Å². The van der Waals surface area contributed by atoms with Gasteiger partial charge in [-0.15, -0.1) is 0 Å². The number of carbonyl (C=O) groups is 21. The molecule has 0 bridgehead atoms. The van der Waals surface area contributed by atoms with E-state index in [0.717, 1.165) is 6.92 Å². The SMILES string of the molecule is CC(C)CC(NC(=O)C(CCCCN)NC(=O)C(N)CCCCN)C(=O)NC(CC(C)C)C(=O)NC(C(=O)NC(CCC(N)=O)C(=O)NC(Cc1c[nH]cn1)C(=O)NC(Cc1ccccc1)C(=O)NC(C(=O)NC(CCC(N)=O)C(=O)NC(CCC(=O)O)C(=O)NC(CC(N)=O)C(=O)NC(Cc1ccc(O)cc1)C(=O)NC(CC(C)C)C(=O)NC(CCC(=O)O)C(=O)NC(Cc1ccc(O)cc1)C(=O)O)C(C)C)C(C)O. The monoisotopic (exact) mass is 2050 g/mol. The number of carbonyl (C=O) groups excluding carboxylic acids is 18. The van der Waals surface area contributed by atoms with Gasteiger partial charge in [0.25, 0.3) is 0 Å². The van der Waals surface area contributed by atoms with Crippen LogP contribution in [-0.2, 0) is 126 Å². The van der Waals surface area contributed by atoms with Crippen LogP contribution in [0.4, 0.5) is 0 Å². The number of aliphatic carboxylic acids is 3. The first-order valence-corrected chi connectivity index (χ1v) is 48.3. The van der Waals surface area contributed by atoms with Gasteiger partial charge in [0.05, 0.1) is 30.6 Å². The lowest BCUT2D eigenvalue weighted by Gasteiger charge is -2.30. The standard InChI is InChI=1S/C96H145N23O27/c1-49(2)39-66(87(136)107-65(32-36-78(128)129)86(135)117-73(96(145)146)44-56-23-27-59(122)28-24-56)111-89(138)69(43-55-21-25-58(121)26-22-55)113-91(140)72(46-76(102)125)116-85(134)64(31-35-77(126)127)106-83(132)62(29-33-74(100)123)108-94(143)79(52(7)8)118-93(142)70(42-54-17-11-10-12-18-54)114-90(139)71(45-57-47-103-48-104-57)115-84(133)63(30-34-75(101)124)109-95(144)80(53(9)120)119-92(141)68(41-51(5)6)112-88(137)67(40-50(3)4)110-82(131)61(20-14-16-38-98)105-81(130)60(99)19-13-15-37-97/h10-12,17-18,21-28,47-53,60-73,79-80,120-122H,13-16,19-20,29-46,97-99H2,1-9H3,(H2,100,123)(H2,101,124)(H2,102,125)(H,103,104)(H,105,130)(H,106,132)(H,107,136)(H,108,143)(H,109,144)(H,110,131)(H,111,138)(H,112,137)(H,113,140)(H,114,139)(H,115,133)(H,116,134)(H,117,135)(H,118,142)(H,119,141)(H,126,127)(H,128,129)(H,145,146). The summed E-state index contributed by atoms with van der Waals surface area (Å²) in [7, 11) is 0. The van der Waals surface area contributed by atoms with E-state index in [-0.39, 0.29) is 86.1 Å². The Kier molecular flexibility index (Phi) is 53.6. The van der Waals surface area contributed by atoms with Crippen LogP contribution in [0, 0.1) is 23.7 Å². The lowest BCUT2D eigenvalue weighted by molar-refractivity contribution is -0.143. The molecule has 806 valence electrons. The minimum atomic E-state index is -2.12. The van der Waals surface area contributed by atoms with E-state index in [1.807, 2.05) is 0 Å². The van der Waals surface area contributed by atoms with Gasteiger partial charge in [0, 0.05) is 57.6 Å². The van der Waals surface area contributed by atoms with Crippen LogP contribution < -0.4 is 114 Å². The lowest BCUT2D eigenvalue weighted by atomic mass is 9.99. The van der Waals surface area contributed by atoms with Gasteiger partial charge in [0.1, 0.15) is 102 Å². The molecule has 4 rings (SSSR count). The minimum Gasteiger partial charge on any atom is -0.508 e. The van der Waals surface area contributed by atoms with Crippen molar-refractivity contribution in [2.75, 3.05) is 13.1 Å². The largest absolute Gasteiger partial charge is 0.508 e. The average Bonchev–Trinajstić information content (AvgIpc) is 0.836. The van der Waals surface area contributed by atoms with Gasteiger partial charge in [-0.3, -0.25) is 95.9 Å². The number of benzene rings is 3. The second-order valence-corrected chi connectivity index (χ2v) is 37.4. The number of aromatic amines is 1. The number of aliphatic hydroxyl groups is 1. The Morgan fingerprint density at radius 1 is 0.322 bits per heavy atom. The molecular formula is C96H145N23O27. The number of carboxylic acid groups (broad SMARTS) is 3. The topological polar surface area (TPSA) is 845 Å². The molecule has 50 nitrogen and oxygen atoms in total. The predicted octanol–water partition coefficient (Wildman–Crippen LogP) is -4.66. The van der Waals surface area contributed by atoms with Crippen molar-refractivity contribution in [1.82, 2.24) is 89.7 Å². The van der Waals surface area contributed by atoms with Crippen molar-refractivity contribution in [1.29, 1.82) is 0 Å². The number of primary amides is 3. The number of unbranched alkanes of at least 4 members (excludes halogenated alkanes) is 2. The fourth-order valence-corrected chi connectivity index (χ4v) is 15.1. The van der Waals surface area contributed by atoms with Crippen molar-refractivity contribution < 1.29 is 131 Å². The third kappa shape index (κ3) is 46.3. The van der Waals surface area contributed by atoms with Gasteiger partial charge in [-0.05, 0) is 162 Å². The Morgan fingerprint density at radius 3 is 0.986 bits per heavy atom. The number of carboxylic acids is 3. The number of aromatic hydroxyl groups is 2. The Bertz CT molecular complexity index is 5030. The van der Waals surface area contributed by atoms with E-state index < -0.39 is 309 Å². The van der Waals surface area contributed by atoms with E-state index >= 15 is 9.59 Å². The zero-order valence-corrected chi connectivity index (χ0v) is 83.4. The number of hydrogen-bond donors (Lipinski definition) is 28. The van der Waals surface area contributed by atoms with Crippen LogP contribution in [0.25, 0.3) is 0 Å². The maximum absolute atomic E-state index is 15.1. The van der Waals surface area contributed by atoms with Crippen molar-refractivity contribution in [3.05, 3.63) is 114 Å². The van der Waals surface area contributed by atoms with Gasteiger partial charge in [-0.2, -0.15) is 0 Å². The first-order valence-electron chi connectivity index (χ1n) is 48.3. The van der Waals surface area contributed by atoms with E-state index in [2.05, 4.69) is 89.7 Å². The molecule has 0 aliphatic rings. The molecule has 4 aromatic rings. The van der Waals surface area contributed by atoms with Gasteiger partial charge < -0.3 is 150 Å². The molecule has 0 spiro atoms. The smallest absolute Gasteiger partial charge is 0.326 e. The molecule has 0 radical (unpaired) electrons. The summed E-state index contributed by atoms with van der Waals surface area (Å²) >= 11 is 0. The molecule has 146 heavy (non-hydrogen) atoms. The Morgan fingerprint density at radius 2 is 0.623 bits per heavy atom. The van der Waals surface area contributed by atoms with Gasteiger partial charge in [0.2, 0.25) is 106 Å². The number of hydrogen-bond acceptors (Lipinski definition) is 28. The molecule has 1 aromatic heterocycles. The van der Waals surface area contributed by atoms with Gasteiger partial charge in [0.15, 0.2) is 0 Å². The third-order valence-electron chi connectivity index (χ3n) is 23.0. The Labute approximate surface area is 844 Å². The number of aliphatic hydroxyl groups excluding tert-OH is 1. The maximum atomic E-state index is 15.1. The number of amides is 18. The number of aromatic nitrogens is 2. The number of nitrogens with zero attached hydrogens (tertiary/aromatic N) is 1. The molecule has 34 N–H and O–H groups in total. The summed E-state index contributed by atoms with van der Waals surface area (Å²) in [6.45, 7) is 14.9. The average molecular weight is 2050 g/mol. The quantitative estimate of drug-likeness (QED) is 0.0185. The zero-order chi connectivity index (χ0) is 109. The summed E-state index contributed by atoms with van der Waals surface area (Å²) in [5.74, 6) is -26.7. The van der Waals surface area contributed by atoms with Crippen LogP contribution in [0.15, 0.2) is 91.4 Å². The van der Waals surface area contributed by atoms with E-state index in [1.165, 1.54) is 74.9 Å². The van der Waals surface area contributed by atoms with Crippen molar-refractivity contribution in [3.63, 3.8) is 0 Å². The molecule has 17 unspecified atom stereocenters. The molecule has 1 heterocycles. The highest BCUT2D eigenvalue weighted by molar-refractivity contribution is 6.02. The molecule has 0 fully saturated rings. The molecule has 0 saturated carbocycles. The van der Waals surface area contributed by atoms with Gasteiger partial charge in [-0.25, -0.2) is 9.78 Å². The van der Waals surface area contributed by atoms with E-state index in [1.54, 1.807) is 71.9 Å². The first-order chi connectivity index (χ1) is 68.8. The van der Waals surface area contributed by atoms with Crippen molar-refractivity contribution >= 4 is 124 Å². The third-order valence-corrected chi connectivity index (χ3v) is 23.0. The van der Waals surface area contributed by atoms with Crippen LogP contribution in [0.2, 0.25) is 0 Å². The molecule has 18 amide bonds. The summed E-state index contributed by atoms with van der Waals surface area (Å²) in [6, 6.07) is -8.51. The number of rotatable bonds is 69. The summed E-state index contributed by atoms with van der Waals surface area (Å²) in [6.07, 6.45) is -5.40. The summed E-state index contributed by atoms with van der Waals surface area (Å²) in [5.41, 5.74) is 35.4. The molecule has 17 atom stereocenters. The van der Waals surface area contributed by atoms with E-state index in [0.29, 0.717) is 43.4 Å². The predicted molar refractivity (Wildman–Crippen MR) is 526 cm³/mol. The summed E-state index contributed by atoms with van der Waals surface area (Å²) in [4.78, 5) is 299. The second kappa shape index (κ2) is 63.4. The molecule has 3 aromatic carbocycles. The van der Waals surface area contributed by atoms with Crippen molar-refractivity contribution in [2.24, 2.45) is 58.1 Å². The fraction of sp³-hybridized carbons (Fsp3) is 0.562. The number of phenols is 2. The maximum Gasteiger partial charge on any atom is 0.326 e. The molecule has 50 heteroatoms. The number of nitrogens with two attached hydrogens (primary N) is 6. The van der Waals surface area contributed by atoms with Gasteiger partial charge >= 0.3 is 17.9 Å². The van der Waals surface area contributed by atoms with E-state index in [4.69, 9.17) is 34.4 Å². The second-order valence-electron chi connectivity index (χ2n) is 37.4. The van der Waals surface area contributed by atoms with Crippen LogP contribution in [0.5, 0.6) is 11.5 Å². The molecular weight excluding hydrogens is 1910 g/mol. The van der Waals surface area contributed by atoms with Gasteiger partial charge in [-0.1, -0.05) is 116 Å². The zero-order valence-electron chi connectivity index (χ0n) is 83.4. The fourth-order valence-electron chi connectivity index (χ4n) is 15.1. The minimum absolute atomic E-state index is 0.0305. The number of imidazole rings is 1. The Balaban J connectivity index is 1.67. The molecule has 0 aliphatic carbocycles.